The molecule has 1 N–H and O–H groups in total. The van der Waals surface area contributed by atoms with Gasteiger partial charge in [0.2, 0.25) is 0 Å². The maximum absolute atomic E-state index is 11.4. The van der Waals surface area contributed by atoms with E-state index in [9.17, 15) is 9.90 Å². The predicted molar refractivity (Wildman–Crippen MR) is 147 cm³/mol. The van der Waals surface area contributed by atoms with Crippen LogP contribution in [-0.4, -0.2) is 17.5 Å². The van der Waals surface area contributed by atoms with Gasteiger partial charge in [0.05, 0.1) is 6.10 Å². The van der Waals surface area contributed by atoms with Gasteiger partial charge in [-0.1, -0.05) is 97.1 Å². The Kier molecular flexibility index (Phi) is 7.02. The zero-order chi connectivity index (χ0) is 25.8. The number of aliphatic hydroxyl groups is 1. The van der Waals surface area contributed by atoms with Crippen LogP contribution in [0.5, 0.6) is 5.75 Å². The number of hydrogen-bond acceptors (Lipinski definition) is 4. The summed E-state index contributed by atoms with van der Waals surface area (Å²) in [4.78, 5) is 11.4. The van der Waals surface area contributed by atoms with Crippen LogP contribution in [0.3, 0.4) is 0 Å². The molecule has 4 nitrogen and oxygen atoms in total. The first-order valence-electron chi connectivity index (χ1n) is 12.3. The van der Waals surface area contributed by atoms with Gasteiger partial charge in [-0.2, -0.15) is 0 Å². The molecule has 0 saturated carbocycles. The van der Waals surface area contributed by atoms with Gasteiger partial charge in [0.25, 0.3) is 0 Å². The molecule has 5 aromatic rings. The van der Waals surface area contributed by atoms with Crippen molar-refractivity contribution in [3.05, 3.63) is 115 Å². The van der Waals surface area contributed by atoms with Crippen LogP contribution in [0.4, 0.5) is 0 Å². The molecule has 0 aliphatic carbocycles. The lowest BCUT2D eigenvalue weighted by molar-refractivity contribution is -0.118. The molecule has 184 valence electrons. The summed E-state index contributed by atoms with van der Waals surface area (Å²) in [5.74, 6) is 1.92. The Hall–Kier alpha value is -4.41. The third-order valence-corrected chi connectivity index (χ3v) is 6.22. The Bertz CT molecular complexity index is 1520. The molecule has 0 fully saturated rings. The molecule has 0 amide bonds. The highest BCUT2D eigenvalue weighted by molar-refractivity contribution is 5.91. The summed E-state index contributed by atoms with van der Waals surface area (Å²) in [6.45, 7) is 3.30. The lowest BCUT2D eigenvalue weighted by atomic mass is 9.91. The van der Waals surface area contributed by atoms with Crippen LogP contribution < -0.4 is 4.74 Å². The summed E-state index contributed by atoms with van der Waals surface area (Å²) in [7, 11) is 0. The lowest BCUT2D eigenvalue weighted by Gasteiger charge is -2.13. The monoisotopic (exact) mass is 488 g/mol. The SMILES string of the molecule is CC(=O)COc1cccc(-c2ccccc2-c2oc(-c3ccccc3)c(-c3ccccc3)c2C(C)O)c1. The number of hydrogen-bond donors (Lipinski definition) is 1. The number of benzene rings is 4. The van der Waals surface area contributed by atoms with Crippen molar-refractivity contribution in [1.82, 2.24) is 0 Å². The molecule has 0 radical (unpaired) electrons. The highest BCUT2D eigenvalue weighted by atomic mass is 16.5. The van der Waals surface area contributed by atoms with E-state index in [4.69, 9.17) is 9.15 Å². The number of aliphatic hydroxyl groups excluding tert-OH is 1. The largest absolute Gasteiger partial charge is 0.486 e. The summed E-state index contributed by atoms with van der Waals surface area (Å²) in [5, 5.41) is 11.1. The molecule has 0 aliphatic rings. The Morgan fingerprint density at radius 2 is 1.35 bits per heavy atom. The Labute approximate surface area is 216 Å². The van der Waals surface area contributed by atoms with Gasteiger partial charge in [-0.15, -0.1) is 0 Å². The summed E-state index contributed by atoms with van der Waals surface area (Å²) < 4.78 is 12.3. The maximum Gasteiger partial charge on any atom is 0.167 e. The van der Waals surface area contributed by atoms with Crippen molar-refractivity contribution in [2.24, 2.45) is 0 Å². The summed E-state index contributed by atoms with van der Waals surface area (Å²) >= 11 is 0. The third kappa shape index (κ3) is 5.11. The highest BCUT2D eigenvalue weighted by Gasteiger charge is 2.27. The highest BCUT2D eigenvalue weighted by Crippen LogP contribution is 2.47. The summed E-state index contributed by atoms with van der Waals surface area (Å²) in [5.41, 5.74) is 6.25. The van der Waals surface area contributed by atoms with E-state index >= 15 is 0 Å². The maximum atomic E-state index is 11.4. The molecule has 0 saturated heterocycles. The first-order valence-corrected chi connectivity index (χ1v) is 12.3. The summed E-state index contributed by atoms with van der Waals surface area (Å²) in [6.07, 6.45) is -0.773. The van der Waals surface area contributed by atoms with Crippen LogP contribution in [0.25, 0.3) is 44.9 Å². The van der Waals surface area contributed by atoms with E-state index in [1.807, 2.05) is 109 Å². The molecule has 1 atom stereocenters. The van der Waals surface area contributed by atoms with E-state index in [2.05, 4.69) is 0 Å². The third-order valence-electron chi connectivity index (χ3n) is 6.22. The number of carbonyl (C=O) groups excluding carboxylic acids is 1. The molecule has 1 heterocycles. The first-order chi connectivity index (χ1) is 18.0. The Morgan fingerprint density at radius 3 is 2.00 bits per heavy atom. The van der Waals surface area contributed by atoms with Crippen molar-refractivity contribution < 1.29 is 19.1 Å². The number of rotatable bonds is 8. The molecule has 1 unspecified atom stereocenters. The molecular formula is C33H28O4. The fraction of sp³-hybridized carbons (Fsp3) is 0.121. The van der Waals surface area contributed by atoms with Crippen molar-refractivity contribution in [3.8, 4) is 50.7 Å². The average molecular weight is 489 g/mol. The van der Waals surface area contributed by atoms with Crippen molar-refractivity contribution in [2.45, 2.75) is 20.0 Å². The van der Waals surface area contributed by atoms with E-state index in [-0.39, 0.29) is 12.4 Å². The second-order valence-electron chi connectivity index (χ2n) is 9.02. The van der Waals surface area contributed by atoms with Crippen LogP contribution >= 0.6 is 0 Å². The molecule has 37 heavy (non-hydrogen) atoms. The minimum atomic E-state index is -0.773. The minimum Gasteiger partial charge on any atom is -0.486 e. The smallest absolute Gasteiger partial charge is 0.167 e. The second kappa shape index (κ2) is 10.7. The van der Waals surface area contributed by atoms with Crippen molar-refractivity contribution in [1.29, 1.82) is 0 Å². The first kappa shape index (κ1) is 24.3. The van der Waals surface area contributed by atoms with Crippen LogP contribution in [0.1, 0.15) is 25.5 Å². The van der Waals surface area contributed by atoms with Crippen molar-refractivity contribution >= 4 is 5.78 Å². The molecule has 4 aromatic carbocycles. The lowest BCUT2D eigenvalue weighted by Crippen LogP contribution is -2.06. The van der Waals surface area contributed by atoms with Crippen LogP contribution in [0.15, 0.2) is 114 Å². The van der Waals surface area contributed by atoms with Gasteiger partial charge in [0.1, 0.15) is 23.9 Å². The summed E-state index contributed by atoms with van der Waals surface area (Å²) in [6, 6.07) is 35.6. The van der Waals surface area contributed by atoms with Crippen molar-refractivity contribution in [3.63, 3.8) is 0 Å². The number of carbonyl (C=O) groups is 1. The quantitative estimate of drug-likeness (QED) is 0.241. The standard InChI is InChI=1S/C33H28O4/c1-22(34)21-36-27-17-11-16-26(20-27)28-18-9-10-19-29(28)33-30(23(2)35)31(24-12-5-3-6-13-24)32(37-33)25-14-7-4-8-15-25/h3-20,23,35H,21H2,1-2H3. The number of Topliss-reactive ketones (excluding diaryl/α,β-unsaturated/α-hetero) is 1. The van der Waals surface area contributed by atoms with E-state index in [1.54, 1.807) is 6.92 Å². The van der Waals surface area contributed by atoms with Crippen LogP contribution in [-0.2, 0) is 4.79 Å². The molecule has 0 spiro atoms. The Morgan fingerprint density at radius 1 is 0.757 bits per heavy atom. The van der Waals surface area contributed by atoms with E-state index in [1.165, 1.54) is 6.92 Å². The van der Waals surface area contributed by atoms with Gasteiger partial charge in [0, 0.05) is 22.3 Å². The molecule has 5 rings (SSSR count). The second-order valence-corrected chi connectivity index (χ2v) is 9.02. The predicted octanol–water partition coefficient (Wildman–Crippen LogP) is 7.97. The number of furan rings is 1. The molecule has 0 aliphatic heterocycles. The molecular weight excluding hydrogens is 460 g/mol. The molecule has 1 aromatic heterocycles. The Balaban J connectivity index is 1.73. The van der Waals surface area contributed by atoms with E-state index in [0.29, 0.717) is 17.3 Å². The van der Waals surface area contributed by atoms with Gasteiger partial charge in [-0.05, 0) is 42.7 Å². The molecule has 4 heteroatoms. The topological polar surface area (TPSA) is 59.7 Å². The van der Waals surface area contributed by atoms with Gasteiger partial charge >= 0.3 is 0 Å². The fourth-order valence-electron chi connectivity index (χ4n) is 4.60. The zero-order valence-corrected chi connectivity index (χ0v) is 20.8. The van der Waals surface area contributed by atoms with E-state index in [0.717, 1.165) is 38.9 Å². The van der Waals surface area contributed by atoms with Gasteiger partial charge in [-0.25, -0.2) is 0 Å². The fourth-order valence-corrected chi connectivity index (χ4v) is 4.60. The van der Waals surface area contributed by atoms with Crippen LogP contribution in [0.2, 0.25) is 0 Å². The zero-order valence-electron chi connectivity index (χ0n) is 20.8. The molecule has 0 bridgehead atoms. The normalized spacial score (nSPS) is 11.8. The number of ketones is 1. The number of ether oxygens (including phenoxy) is 1. The van der Waals surface area contributed by atoms with Gasteiger partial charge < -0.3 is 14.3 Å². The van der Waals surface area contributed by atoms with Crippen molar-refractivity contribution in [2.75, 3.05) is 6.61 Å². The minimum absolute atomic E-state index is 0.0241. The van der Waals surface area contributed by atoms with E-state index < -0.39 is 6.10 Å². The van der Waals surface area contributed by atoms with Gasteiger partial charge in [0.15, 0.2) is 5.78 Å². The average Bonchev–Trinajstić information content (AvgIpc) is 3.34. The van der Waals surface area contributed by atoms with Crippen LogP contribution in [0, 0.1) is 0 Å². The van der Waals surface area contributed by atoms with Gasteiger partial charge in [-0.3, -0.25) is 4.79 Å².